The number of amides is 1. The minimum atomic E-state index is -4.42. The van der Waals surface area contributed by atoms with Gasteiger partial charge in [0.25, 0.3) is 0 Å². The van der Waals surface area contributed by atoms with Gasteiger partial charge in [-0.25, -0.2) is 0 Å². The van der Waals surface area contributed by atoms with Crippen LogP contribution in [0.5, 0.6) is 0 Å². The van der Waals surface area contributed by atoms with Crippen molar-refractivity contribution >= 4 is 17.3 Å². The van der Waals surface area contributed by atoms with Gasteiger partial charge in [0.15, 0.2) is 0 Å². The van der Waals surface area contributed by atoms with Crippen LogP contribution in [0, 0.1) is 23.2 Å². The zero-order valence-electron chi connectivity index (χ0n) is 17.4. The second-order valence-electron chi connectivity index (χ2n) is 10.4. The maximum atomic E-state index is 13.3. The molecule has 3 nitrogen and oxygen atoms in total. The summed E-state index contributed by atoms with van der Waals surface area (Å²) in [4.78, 5) is 15.2. The number of alkyl halides is 3. The standard InChI is InChI=1S/C24H31F3N2O/c25-24(26,27)19-4-5-21(29-6-2-1-3-7-29)20(11-19)28-22(30)15-23-12-16-8-17(13-23)10-18(9-16)14-23/h4-5,11,16-18H,1-3,6-10,12-15H2,(H,28,30). The molecule has 0 radical (unpaired) electrons. The van der Waals surface area contributed by atoms with E-state index in [-0.39, 0.29) is 11.3 Å². The first-order chi connectivity index (χ1) is 14.3. The Kier molecular flexibility index (Phi) is 5.02. The number of carbonyl (C=O) groups is 1. The van der Waals surface area contributed by atoms with Crippen molar-refractivity contribution in [2.45, 2.75) is 70.4 Å². The van der Waals surface area contributed by atoms with Crippen LogP contribution in [0.1, 0.15) is 69.8 Å². The molecule has 5 aliphatic rings. The number of anilines is 2. The van der Waals surface area contributed by atoms with Crippen molar-refractivity contribution in [1.82, 2.24) is 0 Å². The SMILES string of the molecule is O=C(CC12CC3CC(CC(C3)C1)C2)Nc1cc(C(F)(F)F)ccc1N1CCCCC1. The molecule has 30 heavy (non-hydrogen) atoms. The first-order valence-electron chi connectivity index (χ1n) is 11.6. The van der Waals surface area contributed by atoms with Gasteiger partial charge >= 0.3 is 6.18 Å². The van der Waals surface area contributed by atoms with Gasteiger partial charge in [-0.15, -0.1) is 0 Å². The lowest BCUT2D eigenvalue weighted by molar-refractivity contribution is -0.137. The number of nitrogens with one attached hydrogen (secondary N) is 1. The molecule has 5 fully saturated rings. The lowest BCUT2D eigenvalue weighted by Crippen LogP contribution is -2.47. The first kappa shape index (κ1) is 20.2. The Balaban J connectivity index is 1.36. The molecule has 0 unspecified atom stereocenters. The van der Waals surface area contributed by atoms with E-state index in [0.29, 0.717) is 12.1 Å². The van der Waals surface area contributed by atoms with Crippen LogP contribution in [0.25, 0.3) is 0 Å². The molecule has 1 aromatic carbocycles. The summed E-state index contributed by atoms with van der Waals surface area (Å²) in [6.07, 6.45) is 6.53. The van der Waals surface area contributed by atoms with E-state index in [4.69, 9.17) is 0 Å². The van der Waals surface area contributed by atoms with E-state index in [9.17, 15) is 18.0 Å². The molecule has 1 N–H and O–H groups in total. The number of piperidine rings is 1. The van der Waals surface area contributed by atoms with Crippen LogP contribution < -0.4 is 10.2 Å². The monoisotopic (exact) mass is 420 g/mol. The van der Waals surface area contributed by atoms with Crippen LogP contribution >= 0.6 is 0 Å². The van der Waals surface area contributed by atoms with E-state index in [1.54, 1.807) is 0 Å². The molecule has 6 rings (SSSR count). The third-order valence-electron chi connectivity index (χ3n) is 8.00. The highest BCUT2D eigenvalue weighted by Gasteiger charge is 2.51. The molecule has 1 aliphatic heterocycles. The normalized spacial score (nSPS) is 33.0. The van der Waals surface area contributed by atoms with Crippen molar-refractivity contribution in [2.75, 3.05) is 23.3 Å². The predicted molar refractivity (Wildman–Crippen MR) is 111 cm³/mol. The van der Waals surface area contributed by atoms with E-state index in [2.05, 4.69) is 10.2 Å². The average molecular weight is 421 g/mol. The smallest absolute Gasteiger partial charge is 0.370 e. The Hall–Kier alpha value is -1.72. The molecule has 4 saturated carbocycles. The molecule has 1 amide bonds. The summed E-state index contributed by atoms with van der Waals surface area (Å²) in [5.74, 6) is 2.14. The molecule has 164 valence electrons. The number of rotatable bonds is 4. The number of hydrogen-bond acceptors (Lipinski definition) is 2. The third kappa shape index (κ3) is 3.94. The number of benzene rings is 1. The van der Waals surface area contributed by atoms with Gasteiger partial charge in [-0.2, -0.15) is 13.2 Å². The largest absolute Gasteiger partial charge is 0.416 e. The molecular weight excluding hydrogens is 389 g/mol. The number of hydrogen-bond donors (Lipinski definition) is 1. The molecule has 1 aromatic rings. The summed E-state index contributed by atoms with van der Waals surface area (Å²) in [6.45, 7) is 1.65. The van der Waals surface area contributed by atoms with Crippen LogP contribution in [0.3, 0.4) is 0 Å². The summed E-state index contributed by atoms with van der Waals surface area (Å²) in [5.41, 5.74) is 0.419. The molecule has 0 atom stereocenters. The van der Waals surface area contributed by atoms with Crippen LogP contribution in [-0.4, -0.2) is 19.0 Å². The molecule has 6 heteroatoms. The summed E-state index contributed by atoms with van der Waals surface area (Å²) in [6, 6.07) is 3.80. The van der Waals surface area contributed by atoms with E-state index >= 15 is 0 Å². The van der Waals surface area contributed by atoms with Crippen LogP contribution in [0.15, 0.2) is 18.2 Å². The van der Waals surface area contributed by atoms with Crippen molar-refractivity contribution in [3.8, 4) is 0 Å². The highest BCUT2D eigenvalue weighted by atomic mass is 19.4. The van der Waals surface area contributed by atoms with E-state index < -0.39 is 11.7 Å². The molecule has 4 bridgehead atoms. The van der Waals surface area contributed by atoms with E-state index in [1.165, 1.54) is 25.3 Å². The van der Waals surface area contributed by atoms with Gasteiger partial charge in [0, 0.05) is 19.5 Å². The minimum absolute atomic E-state index is 0.0752. The molecule has 4 aliphatic carbocycles. The van der Waals surface area contributed by atoms with Gasteiger partial charge in [0.2, 0.25) is 5.91 Å². The number of nitrogens with zero attached hydrogens (tertiary/aromatic N) is 1. The van der Waals surface area contributed by atoms with Crippen molar-refractivity contribution in [2.24, 2.45) is 23.2 Å². The maximum Gasteiger partial charge on any atom is 0.416 e. The minimum Gasteiger partial charge on any atom is -0.370 e. The first-order valence-corrected chi connectivity index (χ1v) is 11.6. The van der Waals surface area contributed by atoms with Crippen molar-refractivity contribution < 1.29 is 18.0 Å². The van der Waals surface area contributed by atoms with Crippen LogP contribution in [0.2, 0.25) is 0 Å². The van der Waals surface area contributed by atoms with Gasteiger partial charge in [0.1, 0.15) is 0 Å². The summed E-state index contributed by atoms with van der Waals surface area (Å²) < 4.78 is 40.0. The highest BCUT2D eigenvalue weighted by molar-refractivity contribution is 5.95. The Bertz CT molecular complexity index is 778. The fourth-order valence-electron chi connectivity index (χ4n) is 7.26. The molecular formula is C24H31F3N2O. The Labute approximate surface area is 176 Å². The van der Waals surface area contributed by atoms with Gasteiger partial charge in [-0.05, 0) is 99.2 Å². The average Bonchev–Trinajstić information content (AvgIpc) is 2.66. The second kappa shape index (κ2) is 7.45. The Morgan fingerprint density at radius 1 is 1.00 bits per heavy atom. The van der Waals surface area contributed by atoms with Gasteiger partial charge < -0.3 is 10.2 Å². The fraction of sp³-hybridized carbons (Fsp3) is 0.708. The predicted octanol–water partition coefficient (Wildman–Crippen LogP) is 6.24. The second-order valence-corrected chi connectivity index (χ2v) is 10.4. The lowest BCUT2D eigenvalue weighted by Gasteiger charge is -2.56. The van der Waals surface area contributed by atoms with E-state index in [0.717, 1.165) is 87.2 Å². The van der Waals surface area contributed by atoms with Crippen molar-refractivity contribution in [3.63, 3.8) is 0 Å². The van der Waals surface area contributed by atoms with Gasteiger partial charge in [0.05, 0.1) is 16.9 Å². The zero-order chi connectivity index (χ0) is 20.9. The van der Waals surface area contributed by atoms with Crippen LogP contribution in [0.4, 0.5) is 24.5 Å². The lowest BCUT2D eigenvalue weighted by atomic mass is 9.49. The number of halogens is 3. The summed E-state index contributed by atoms with van der Waals surface area (Å²) in [7, 11) is 0. The van der Waals surface area contributed by atoms with E-state index in [1.807, 2.05) is 0 Å². The Morgan fingerprint density at radius 3 is 2.17 bits per heavy atom. The fourth-order valence-corrected chi connectivity index (χ4v) is 7.26. The quantitative estimate of drug-likeness (QED) is 0.625. The zero-order valence-corrected chi connectivity index (χ0v) is 17.4. The van der Waals surface area contributed by atoms with Crippen LogP contribution in [-0.2, 0) is 11.0 Å². The van der Waals surface area contributed by atoms with Crippen molar-refractivity contribution in [3.05, 3.63) is 23.8 Å². The third-order valence-corrected chi connectivity index (χ3v) is 8.00. The summed E-state index contributed by atoms with van der Waals surface area (Å²) >= 11 is 0. The van der Waals surface area contributed by atoms with Gasteiger partial charge in [-0.1, -0.05) is 0 Å². The van der Waals surface area contributed by atoms with Crippen molar-refractivity contribution in [1.29, 1.82) is 0 Å². The summed E-state index contributed by atoms with van der Waals surface area (Å²) in [5, 5.41) is 2.91. The molecule has 1 heterocycles. The Morgan fingerprint density at radius 2 is 1.60 bits per heavy atom. The molecule has 0 spiro atoms. The van der Waals surface area contributed by atoms with Gasteiger partial charge in [-0.3, -0.25) is 4.79 Å². The highest BCUT2D eigenvalue weighted by Crippen LogP contribution is 2.61. The number of carbonyl (C=O) groups excluding carboxylic acids is 1. The topological polar surface area (TPSA) is 32.3 Å². The molecule has 1 saturated heterocycles. The maximum absolute atomic E-state index is 13.3. The molecule has 0 aromatic heterocycles.